The fraction of sp³-hybridized carbons (Fsp3) is 0. The Labute approximate surface area is 145 Å². The van der Waals surface area contributed by atoms with Crippen LogP contribution in [0.15, 0.2) is 83.8 Å². The Hall–Kier alpha value is -3.12. The second-order valence-corrected chi connectivity index (χ2v) is 7.07. The van der Waals surface area contributed by atoms with Crippen LogP contribution < -0.4 is 4.72 Å². The first-order chi connectivity index (χ1) is 12.0. The van der Waals surface area contributed by atoms with Gasteiger partial charge < -0.3 is 5.11 Å². The summed E-state index contributed by atoms with van der Waals surface area (Å²) in [6.45, 7) is 0. The average molecular weight is 353 g/mol. The predicted octanol–water partition coefficient (Wildman–Crippen LogP) is 3.85. The van der Waals surface area contributed by atoms with Crippen LogP contribution in [0.5, 0.6) is 0 Å². The first kappa shape index (κ1) is 16.7. The molecule has 0 radical (unpaired) electrons. The quantitative estimate of drug-likeness (QED) is 0.730. The van der Waals surface area contributed by atoms with Gasteiger partial charge in [0.1, 0.15) is 0 Å². The SMILES string of the molecule is O=C(O)c1cc(NS(=O)(=O)c2ccccc2)cc(-c2ccccc2)c1. The van der Waals surface area contributed by atoms with Gasteiger partial charge >= 0.3 is 5.97 Å². The zero-order valence-electron chi connectivity index (χ0n) is 13.1. The van der Waals surface area contributed by atoms with Gasteiger partial charge in [-0.1, -0.05) is 48.5 Å². The molecule has 25 heavy (non-hydrogen) atoms. The van der Waals surface area contributed by atoms with E-state index in [1.807, 2.05) is 30.3 Å². The standard InChI is InChI=1S/C19H15NO4S/c21-19(22)16-11-15(14-7-3-1-4-8-14)12-17(13-16)20-25(23,24)18-9-5-2-6-10-18/h1-13,20H,(H,21,22). The number of aromatic carboxylic acids is 1. The van der Waals surface area contributed by atoms with Gasteiger partial charge in [0.05, 0.1) is 16.1 Å². The van der Waals surface area contributed by atoms with E-state index in [1.54, 1.807) is 24.3 Å². The number of anilines is 1. The van der Waals surface area contributed by atoms with Crippen molar-refractivity contribution in [3.05, 3.63) is 84.4 Å². The molecule has 0 aromatic heterocycles. The number of carboxylic acids is 1. The number of hydrogen-bond donors (Lipinski definition) is 2. The van der Waals surface area contributed by atoms with E-state index in [9.17, 15) is 18.3 Å². The van der Waals surface area contributed by atoms with Gasteiger partial charge in [0, 0.05) is 0 Å². The fourth-order valence-corrected chi connectivity index (χ4v) is 3.48. The molecule has 0 atom stereocenters. The van der Waals surface area contributed by atoms with Crippen molar-refractivity contribution in [2.24, 2.45) is 0 Å². The lowest BCUT2D eigenvalue weighted by molar-refractivity contribution is 0.0697. The maximum atomic E-state index is 12.5. The molecule has 0 unspecified atom stereocenters. The van der Waals surface area contributed by atoms with Crippen molar-refractivity contribution in [3.8, 4) is 11.1 Å². The van der Waals surface area contributed by atoms with Crippen molar-refractivity contribution >= 4 is 21.7 Å². The molecule has 0 bridgehead atoms. The van der Waals surface area contributed by atoms with Gasteiger partial charge in [-0.25, -0.2) is 13.2 Å². The Morgan fingerprint density at radius 1 is 0.800 bits per heavy atom. The van der Waals surface area contributed by atoms with Crippen molar-refractivity contribution < 1.29 is 18.3 Å². The minimum atomic E-state index is -3.80. The second-order valence-electron chi connectivity index (χ2n) is 5.39. The summed E-state index contributed by atoms with van der Waals surface area (Å²) in [7, 11) is -3.80. The van der Waals surface area contributed by atoms with Gasteiger partial charge in [-0.2, -0.15) is 0 Å². The zero-order valence-corrected chi connectivity index (χ0v) is 13.9. The lowest BCUT2D eigenvalue weighted by atomic mass is 10.0. The molecule has 0 spiro atoms. The molecule has 126 valence electrons. The fourth-order valence-electron chi connectivity index (χ4n) is 2.42. The molecular formula is C19H15NO4S. The van der Waals surface area contributed by atoms with Gasteiger partial charge in [0.25, 0.3) is 10.0 Å². The summed E-state index contributed by atoms with van der Waals surface area (Å²) in [4.78, 5) is 11.5. The topological polar surface area (TPSA) is 83.5 Å². The van der Waals surface area contributed by atoms with Crippen molar-refractivity contribution in [1.82, 2.24) is 0 Å². The van der Waals surface area contributed by atoms with Gasteiger partial charge in [0.2, 0.25) is 0 Å². The third-order valence-electron chi connectivity index (χ3n) is 3.59. The largest absolute Gasteiger partial charge is 0.478 e. The normalized spacial score (nSPS) is 11.0. The van der Waals surface area contributed by atoms with Gasteiger partial charge in [-0.05, 0) is 41.5 Å². The molecule has 6 heteroatoms. The highest BCUT2D eigenvalue weighted by Crippen LogP contribution is 2.26. The molecule has 3 rings (SSSR count). The number of rotatable bonds is 5. The Morgan fingerprint density at radius 2 is 1.40 bits per heavy atom. The summed E-state index contributed by atoms with van der Waals surface area (Å²) >= 11 is 0. The number of sulfonamides is 1. The minimum Gasteiger partial charge on any atom is -0.478 e. The van der Waals surface area contributed by atoms with E-state index >= 15 is 0 Å². The molecule has 0 saturated carbocycles. The van der Waals surface area contributed by atoms with E-state index in [0.717, 1.165) is 5.56 Å². The number of benzene rings is 3. The maximum Gasteiger partial charge on any atom is 0.335 e. The van der Waals surface area contributed by atoms with Crippen LogP contribution in [0.1, 0.15) is 10.4 Å². The van der Waals surface area contributed by atoms with Crippen LogP contribution in [0.4, 0.5) is 5.69 Å². The Bertz CT molecular complexity index is 1000. The van der Waals surface area contributed by atoms with Crippen LogP contribution in [0.2, 0.25) is 0 Å². The summed E-state index contributed by atoms with van der Waals surface area (Å²) in [5.41, 5.74) is 1.62. The number of carbonyl (C=O) groups is 1. The summed E-state index contributed by atoms with van der Waals surface area (Å²) in [5, 5.41) is 9.32. The van der Waals surface area contributed by atoms with Crippen molar-refractivity contribution in [1.29, 1.82) is 0 Å². The first-order valence-corrected chi connectivity index (χ1v) is 8.96. The van der Waals surface area contributed by atoms with Crippen molar-refractivity contribution in [2.45, 2.75) is 4.90 Å². The van der Waals surface area contributed by atoms with E-state index in [4.69, 9.17) is 0 Å². The molecule has 0 amide bonds. The van der Waals surface area contributed by atoms with Crippen LogP contribution in [0, 0.1) is 0 Å². The highest BCUT2D eigenvalue weighted by molar-refractivity contribution is 7.92. The summed E-state index contributed by atoms with van der Waals surface area (Å²) in [6.07, 6.45) is 0. The number of carboxylic acid groups (broad SMARTS) is 1. The van der Waals surface area contributed by atoms with Crippen molar-refractivity contribution in [3.63, 3.8) is 0 Å². The van der Waals surface area contributed by atoms with Crippen LogP contribution >= 0.6 is 0 Å². The van der Waals surface area contributed by atoms with Gasteiger partial charge in [0.15, 0.2) is 0 Å². The Morgan fingerprint density at radius 3 is 2.00 bits per heavy atom. The molecule has 0 aliphatic carbocycles. The van der Waals surface area contributed by atoms with Gasteiger partial charge in [-0.15, -0.1) is 0 Å². The molecule has 3 aromatic carbocycles. The Balaban J connectivity index is 2.04. The highest BCUT2D eigenvalue weighted by Gasteiger charge is 2.16. The van der Waals surface area contributed by atoms with E-state index < -0.39 is 16.0 Å². The van der Waals surface area contributed by atoms with Crippen molar-refractivity contribution in [2.75, 3.05) is 4.72 Å². The Kier molecular flexibility index (Phi) is 4.54. The van der Waals surface area contributed by atoms with E-state index in [-0.39, 0.29) is 16.1 Å². The number of nitrogens with one attached hydrogen (secondary N) is 1. The number of hydrogen-bond acceptors (Lipinski definition) is 3. The summed E-state index contributed by atoms with van der Waals surface area (Å²) < 4.78 is 27.4. The highest BCUT2D eigenvalue weighted by atomic mass is 32.2. The van der Waals surface area contributed by atoms with Crippen LogP contribution in [-0.2, 0) is 10.0 Å². The lowest BCUT2D eigenvalue weighted by Gasteiger charge is -2.11. The third kappa shape index (κ3) is 3.87. The molecule has 2 N–H and O–H groups in total. The third-order valence-corrected chi connectivity index (χ3v) is 4.99. The van der Waals surface area contributed by atoms with Crippen LogP contribution in [0.3, 0.4) is 0 Å². The van der Waals surface area contributed by atoms with E-state index in [1.165, 1.54) is 24.3 Å². The maximum absolute atomic E-state index is 12.5. The molecule has 5 nitrogen and oxygen atoms in total. The van der Waals surface area contributed by atoms with E-state index in [0.29, 0.717) is 5.56 Å². The van der Waals surface area contributed by atoms with Crippen LogP contribution in [-0.4, -0.2) is 19.5 Å². The lowest BCUT2D eigenvalue weighted by Crippen LogP contribution is -2.13. The molecule has 3 aromatic rings. The van der Waals surface area contributed by atoms with Gasteiger partial charge in [-0.3, -0.25) is 4.72 Å². The summed E-state index contributed by atoms with van der Waals surface area (Å²) in [5.74, 6) is -1.13. The smallest absolute Gasteiger partial charge is 0.335 e. The average Bonchev–Trinajstić information content (AvgIpc) is 2.62. The molecule has 0 aliphatic heterocycles. The monoisotopic (exact) mass is 353 g/mol. The summed E-state index contributed by atoms with van der Waals surface area (Å²) in [6, 6.07) is 21.5. The van der Waals surface area contributed by atoms with E-state index in [2.05, 4.69) is 4.72 Å². The molecule has 0 saturated heterocycles. The van der Waals surface area contributed by atoms with Crippen LogP contribution in [0.25, 0.3) is 11.1 Å². The molecule has 0 fully saturated rings. The molecule has 0 heterocycles. The predicted molar refractivity (Wildman–Crippen MR) is 96.1 cm³/mol. The second kappa shape index (κ2) is 6.78. The molecular weight excluding hydrogens is 338 g/mol. The minimum absolute atomic E-state index is 0.00659. The zero-order chi connectivity index (χ0) is 17.9. The first-order valence-electron chi connectivity index (χ1n) is 7.47. The molecule has 0 aliphatic rings.